The molecule has 2 unspecified atom stereocenters. The van der Waals surface area contributed by atoms with Crippen LogP contribution in [0.1, 0.15) is 5.82 Å². The van der Waals surface area contributed by atoms with Gasteiger partial charge in [-0.2, -0.15) is 5.10 Å². The Labute approximate surface area is 109 Å². The van der Waals surface area contributed by atoms with Gasteiger partial charge in [-0.15, -0.1) is 0 Å². The lowest BCUT2D eigenvalue weighted by molar-refractivity contribution is -0.142. The summed E-state index contributed by atoms with van der Waals surface area (Å²) in [6.07, 6.45) is 1.35. The molecule has 9 nitrogen and oxygen atoms in total. The van der Waals surface area contributed by atoms with Crippen molar-refractivity contribution < 1.29 is 19.4 Å². The molecule has 0 radical (unpaired) electrons. The van der Waals surface area contributed by atoms with Crippen LogP contribution in [0.2, 0.25) is 0 Å². The third-order valence-corrected chi connectivity index (χ3v) is 2.91. The van der Waals surface area contributed by atoms with E-state index in [0.717, 1.165) is 0 Å². The van der Waals surface area contributed by atoms with Crippen LogP contribution < -0.4 is 5.32 Å². The Bertz CT molecular complexity index is 449. The average Bonchev–Trinajstić information content (AvgIpc) is 2.99. The van der Waals surface area contributed by atoms with Gasteiger partial charge in [-0.3, -0.25) is 9.89 Å². The van der Waals surface area contributed by atoms with Crippen molar-refractivity contribution in [1.29, 1.82) is 0 Å². The molecule has 1 aliphatic rings. The number of carbonyl (C=O) groups is 2. The zero-order chi connectivity index (χ0) is 13.8. The first kappa shape index (κ1) is 13.3. The normalized spacial score (nSPS) is 22.2. The van der Waals surface area contributed by atoms with Crippen LogP contribution >= 0.6 is 0 Å². The first-order chi connectivity index (χ1) is 9.08. The van der Waals surface area contributed by atoms with Gasteiger partial charge < -0.3 is 20.1 Å². The minimum Gasteiger partial charge on any atom is -0.481 e. The van der Waals surface area contributed by atoms with Crippen molar-refractivity contribution in [1.82, 2.24) is 25.4 Å². The molecular weight excluding hydrogens is 254 g/mol. The van der Waals surface area contributed by atoms with Gasteiger partial charge >= 0.3 is 12.0 Å². The van der Waals surface area contributed by atoms with E-state index in [9.17, 15) is 9.59 Å². The van der Waals surface area contributed by atoms with Crippen LogP contribution in [0.25, 0.3) is 0 Å². The number of carbonyl (C=O) groups excluding carboxylic acids is 1. The van der Waals surface area contributed by atoms with E-state index in [1.54, 1.807) is 7.05 Å². The number of hydrogen-bond donors (Lipinski definition) is 3. The van der Waals surface area contributed by atoms with E-state index < -0.39 is 17.9 Å². The maximum absolute atomic E-state index is 11.9. The summed E-state index contributed by atoms with van der Waals surface area (Å²) in [5.41, 5.74) is 0. The Morgan fingerprint density at radius 1 is 1.63 bits per heavy atom. The predicted molar refractivity (Wildman–Crippen MR) is 62.1 cm³/mol. The summed E-state index contributed by atoms with van der Waals surface area (Å²) in [6.45, 7) is 0.585. The summed E-state index contributed by atoms with van der Waals surface area (Å²) in [5, 5.41) is 17.9. The van der Waals surface area contributed by atoms with E-state index in [1.165, 1.54) is 11.2 Å². The van der Waals surface area contributed by atoms with Gasteiger partial charge in [0.15, 0.2) is 0 Å². The van der Waals surface area contributed by atoms with Crippen molar-refractivity contribution in [2.75, 3.05) is 20.3 Å². The minimum absolute atomic E-state index is 0.117. The molecule has 104 valence electrons. The second-order valence-electron chi connectivity index (χ2n) is 4.33. The summed E-state index contributed by atoms with van der Waals surface area (Å²) < 4.78 is 5.07. The molecule has 0 spiro atoms. The molecule has 2 amide bonds. The third-order valence-electron chi connectivity index (χ3n) is 2.91. The van der Waals surface area contributed by atoms with Gasteiger partial charge in [-0.1, -0.05) is 0 Å². The molecule has 1 aromatic rings. The van der Waals surface area contributed by atoms with Crippen LogP contribution in [-0.4, -0.2) is 63.5 Å². The zero-order valence-corrected chi connectivity index (χ0v) is 10.4. The van der Waals surface area contributed by atoms with E-state index in [2.05, 4.69) is 20.5 Å². The lowest BCUT2D eigenvalue weighted by Gasteiger charge is -2.21. The van der Waals surface area contributed by atoms with E-state index in [0.29, 0.717) is 5.82 Å². The molecule has 0 aliphatic carbocycles. The first-order valence-electron chi connectivity index (χ1n) is 5.74. The number of nitrogens with one attached hydrogen (secondary N) is 2. The van der Waals surface area contributed by atoms with Crippen LogP contribution in [-0.2, 0) is 16.1 Å². The number of nitrogens with zero attached hydrogens (tertiary/aromatic N) is 3. The van der Waals surface area contributed by atoms with Crippen LogP contribution in [0.4, 0.5) is 4.79 Å². The largest absolute Gasteiger partial charge is 0.481 e. The Hall–Kier alpha value is -2.16. The highest BCUT2D eigenvalue weighted by Crippen LogP contribution is 2.14. The van der Waals surface area contributed by atoms with Crippen molar-refractivity contribution in [2.45, 2.75) is 12.6 Å². The van der Waals surface area contributed by atoms with Crippen LogP contribution in [0.3, 0.4) is 0 Å². The molecule has 1 aromatic heterocycles. The maximum atomic E-state index is 11.9. The maximum Gasteiger partial charge on any atom is 0.317 e. The molecule has 0 aromatic carbocycles. The minimum atomic E-state index is -0.972. The molecule has 1 fully saturated rings. The zero-order valence-electron chi connectivity index (χ0n) is 10.4. The summed E-state index contributed by atoms with van der Waals surface area (Å²) in [6, 6.07) is -0.889. The highest BCUT2D eigenvalue weighted by Gasteiger charge is 2.35. The predicted octanol–water partition coefficient (Wildman–Crippen LogP) is -0.954. The second kappa shape index (κ2) is 5.65. The van der Waals surface area contributed by atoms with E-state index >= 15 is 0 Å². The molecule has 2 heterocycles. The van der Waals surface area contributed by atoms with Gasteiger partial charge in [0.05, 0.1) is 25.8 Å². The standard InChI is InChI=1S/C10H15N5O4/c1-15(2-8-11-5-12-14-8)10(18)13-7-4-19-3-6(7)9(16)17/h5-7H,2-4H2,1H3,(H,13,18)(H,16,17)(H,11,12,14). The number of aromatic nitrogens is 3. The Morgan fingerprint density at radius 2 is 2.42 bits per heavy atom. The molecule has 9 heteroatoms. The molecular formula is C10H15N5O4. The van der Waals surface area contributed by atoms with E-state index in [-0.39, 0.29) is 25.8 Å². The Kier molecular flexibility index (Phi) is 3.95. The number of amides is 2. The fourth-order valence-electron chi connectivity index (χ4n) is 1.81. The topological polar surface area (TPSA) is 120 Å². The molecule has 1 aliphatic heterocycles. The van der Waals surface area contributed by atoms with Crippen LogP contribution in [0.15, 0.2) is 6.33 Å². The number of aliphatic carboxylic acids is 1. The van der Waals surface area contributed by atoms with Crippen molar-refractivity contribution >= 4 is 12.0 Å². The monoisotopic (exact) mass is 269 g/mol. The quantitative estimate of drug-likeness (QED) is 0.647. The van der Waals surface area contributed by atoms with Gasteiger partial charge in [-0.25, -0.2) is 9.78 Å². The van der Waals surface area contributed by atoms with Gasteiger partial charge in [0.1, 0.15) is 18.1 Å². The van der Waals surface area contributed by atoms with Crippen molar-refractivity contribution in [3.8, 4) is 0 Å². The molecule has 2 atom stereocenters. The number of ether oxygens (including phenoxy) is 1. The summed E-state index contributed by atoms with van der Waals surface area (Å²) in [4.78, 5) is 28.1. The van der Waals surface area contributed by atoms with Crippen molar-refractivity contribution in [3.05, 3.63) is 12.2 Å². The van der Waals surface area contributed by atoms with Crippen molar-refractivity contribution in [3.63, 3.8) is 0 Å². The number of aromatic amines is 1. The molecule has 1 saturated heterocycles. The molecule has 0 saturated carbocycles. The first-order valence-corrected chi connectivity index (χ1v) is 5.74. The lowest BCUT2D eigenvalue weighted by Crippen LogP contribution is -2.47. The molecule has 2 rings (SSSR count). The summed E-state index contributed by atoms with van der Waals surface area (Å²) in [5.74, 6) is -1.13. The average molecular weight is 269 g/mol. The smallest absolute Gasteiger partial charge is 0.317 e. The number of carboxylic acid groups (broad SMARTS) is 1. The van der Waals surface area contributed by atoms with Crippen LogP contribution in [0.5, 0.6) is 0 Å². The van der Waals surface area contributed by atoms with Gasteiger partial charge in [0.2, 0.25) is 0 Å². The third kappa shape index (κ3) is 3.19. The highest BCUT2D eigenvalue weighted by atomic mass is 16.5. The SMILES string of the molecule is CN(Cc1ncn[nH]1)C(=O)NC1COCC1C(=O)O. The molecule has 3 N–H and O–H groups in total. The van der Waals surface area contributed by atoms with Crippen LogP contribution in [0, 0.1) is 5.92 Å². The number of carboxylic acids is 1. The fraction of sp³-hybridized carbons (Fsp3) is 0.600. The lowest BCUT2D eigenvalue weighted by atomic mass is 10.0. The van der Waals surface area contributed by atoms with E-state index in [1.807, 2.05) is 0 Å². The number of H-pyrrole nitrogens is 1. The number of hydrogen-bond acceptors (Lipinski definition) is 5. The molecule has 0 bridgehead atoms. The van der Waals surface area contributed by atoms with Gasteiger partial charge in [0.25, 0.3) is 0 Å². The number of urea groups is 1. The fourth-order valence-corrected chi connectivity index (χ4v) is 1.81. The second-order valence-corrected chi connectivity index (χ2v) is 4.33. The number of rotatable bonds is 4. The summed E-state index contributed by atoms with van der Waals surface area (Å²) >= 11 is 0. The van der Waals surface area contributed by atoms with Crippen molar-refractivity contribution in [2.24, 2.45) is 5.92 Å². The van der Waals surface area contributed by atoms with E-state index in [4.69, 9.17) is 9.84 Å². The summed E-state index contributed by atoms with van der Waals surface area (Å²) in [7, 11) is 1.59. The highest BCUT2D eigenvalue weighted by molar-refractivity contribution is 5.77. The molecule has 19 heavy (non-hydrogen) atoms. The Balaban J connectivity index is 1.88. The Morgan fingerprint density at radius 3 is 3.05 bits per heavy atom. The van der Waals surface area contributed by atoms with Gasteiger partial charge in [-0.05, 0) is 0 Å². The van der Waals surface area contributed by atoms with Gasteiger partial charge in [0, 0.05) is 7.05 Å².